The summed E-state index contributed by atoms with van der Waals surface area (Å²) in [4.78, 5) is 16.3. The predicted molar refractivity (Wildman–Crippen MR) is 114 cm³/mol. The van der Waals surface area contributed by atoms with Crippen LogP contribution in [0.25, 0.3) is 27.7 Å². The van der Waals surface area contributed by atoms with Crippen LogP contribution in [0.15, 0.2) is 30.7 Å². The third kappa shape index (κ3) is 3.13. The Morgan fingerprint density at radius 2 is 2.23 bits per heavy atom. The first-order chi connectivity index (χ1) is 14.5. The minimum absolute atomic E-state index is 0.0312. The highest BCUT2D eigenvalue weighted by Crippen LogP contribution is 2.40. The molecular weight excluding hydrogens is 432 g/mol. The van der Waals surface area contributed by atoms with Crippen LogP contribution in [0.5, 0.6) is 0 Å². The molecule has 0 saturated heterocycles. The second-order valence-electron chi connectivity index (χ2n) is 7.23. The van der Waals surface area contributed by atoms with Gasteiger partial charge in [0.25, 0.3) is 0 Å². The average Bonchev–Trinajstić information content (AvgIpc) is 3.11. The van der Waals surface area contributed by atoms with Crippen LogP contribution in [0.3, 0.4) is 0 Å². The normalized spacial score (nSPS) is 18.3. The highest BCUT2D eigenvalue weighted by molar-refractivity contribution is 7.97. The molecule has 5 rings (SSSR count). The lowest BCUT2D eigenvalue weighted by Gasteiger charge is -2.12. The lowest BCUT2D eigenvalue weighted by atomic mass is 10.0. The van der Waals surface area contributed by atoms with E-state index in [1.165, 1.54) is 11.8 Å². The number of alkyl halides is 1. The summed E-state index contributed by atoms with van der Waals surface area (Å²) in [6.07, 6.45) is 6.09. The molecule has 6 nitrogen and oxygen atoms in total. The van der Waals surface area contributed by atoms with Crippen molar-refractivity contribution in [2.75, 3.05) is 11.6 Å². The van der Waals surface area contributed by atoms with Gasteiger partial charge in [-0.3, -0.25) is 9.89 Å². The molecular formula is C20H16ClF2N5OS. The van der Waals surface area contributed by atoms with Crippen LogP contribution in [-0.4, -0.2) is 37.9 Å². The van der Waals surface area contributed by atoms with E-state index in [9.17, 15) is 9.18 Å². The monoisotopic (exact) mass is 447 g/mol. The third-order valence-electron chi connectivity index (χ3n) is 5.22. The summed E-state index contributed by atoms with van der Waals surface area (Å²) < 4.78 is 29.8. The Kier molecular flexibility index (Phi) is 4.67. The molecule has 1 aliphatic rings. The second-order valence-corrected chi connectivity index (χ2v) is 8.47. The number of imidazole rings is 1. The molecule has 0 spiro atoms. The fourth-order valence-corrected chi connectivity index (χ4v) is 4.48. The maximum absolute atomic E-state index is 15.0. The molecule has 2 atom stereocenters. The lowest BCUT2D eigenvalue weighted by molar-refractivity contribution is -0.117. The van der Waals surface area contributed by atoms with Crippen molar-refractivity contribution in [3.63, 3.8) is 0 Å². The van der Waals surface area contributed by atoms with Crippen LogP contribution in [0.4, 0.5) is 14.6 Å². The van der Waals surface area contributed by atoms with Gasteiger partial charge in [-0.15, -0.1) is 0 Å². The van der Waals surface area contributed by atoms with Crippen LogP contribution in [-0.2, 0) is 10.5 Å². The standard InChI is InChI=1S/C20H16ClF2N5OS/c1-30-8-12-18(23)17(21)16(11-5-24-27-19(11)12)9-2-3-15-25-14(7-28(15)6-9)26-20(29)10-4-13(10)22/h2-3,5-7,10,13H,4,8H2,1H3,(H,24,27)(H,26,29)/t10-,13+/m1/s1. The average molecular weight is 448 g/mol. The van der Waals surface area contributed by atoms with Gasteiger partial charge in [0, 0.05) is 34.0 Å². The van der Waals surface area contributed by atoms with E-state index in [0.717, 1.165) is 5.39 Å². The largest absolute Gasteiger partial charge is 0.309 e. The predicted octanol–water partition coefficient (Wildman–Crippen LogP) is 4.83. The zero-order chi connectivity index (χ0) is 21.0. The van der Waals surface area contributed by atoms with E-state index in [4.69, 9.17) is 11.6 Å². The van der Waals surface area contributed by atoms with Crippen molar-refractivity contribution in [1.82, 2.24) is 19.6 Å². The molecule has 0 bridgehead atoms. The minimum atomic E-state index is -1.07. The highest BCUT2D eigenvalue weighted by Gasteiger charge is 2.43. The molecule has 1 aromatic carbocycles. The first kappa shape index (κ1) is 19.3. The van der Waals surface area contributed by atoms with E-state index in [1.54, 1.807) is 35.1 Å². The molecule has 154 valence electrons. The zero-order valence-electron chi connectivity index (χ0n) is 15.7. The molecule has 1 aliphatic carbocycles. The van der Waals surface area contributed by atoms with Crippen molar-refractivity contribution in [3.05, 3.63) is 47.1 Å². The smallest absolute Gasteiger partial charge is 0.231 e. The number of carbonyl (C=O) groups excluding carboxylic acids is 1. The number of aromatic amines is 1. The van der Waals surface area contributed by atoms with Crippen molar-refractivity contribution >= 4 is 51.6 Å². The van der Waals surface area contributed by atoms with E-state index in [2.05, 4.69) is 20.5 Å². The summed E-state index contributed by atoms with van der Waals surface area (Å²) in [5, 5.41) is 10.3. The van der Waals surface area contributed by atoms with Crippen molar-refractivity contribution < 1.29 is 13.6 Å². The number of nitrogens with one attached hydrogen (secondary N) is 2. The molecule has 10 heteroatoms. The molecule has 3 heterocycles. The topological polar surface area (TPSA) is 75.1 Å². The van der Waals surface area contributed by atoms with Crippen molar-refractivity contribution in [1.29, 1.82) is 0 Å². The number of amides is 1. The van der Waals surface area contributed by atoms with Crippen molar-refractivity contribution in [3.8, 4) is 11.1 Å². The Labute approximate surface area is 179 Å². The van der Waals surface area contributed by atoms with Gasteiger partial charge >= 0.3 is 0 Å². The molecule has 2 N–H and O–H groups in total. The van der Waals surface area contributed by atoms with Gasteiger partial charge < -0.3 is 9.72 Å². The number of rotatable bonds is 5. The molecule has 1 amide bonds. The van der Waals surface area contributed by atoms with E-state index < -0.39 is 17.9 Å². The van der Waals surface area contributed by atoms with Gasteiger partial charge in [-0.05, 0) is 24.8 Å². The fourth-order valence-electron chi connectivity index (χ4n) is 3.59. The minimum Gasteiger partial charge on any atom is -0.309 e. The Morgan fingerprint density at radius 1 is 1.43 bits per heavy atom. The number of hydrogen-bond acceptors (Lipinski definition) is 4. The zero-order valence-corrected chi connectivity index (χ0v) is 17.3. The summed E-state index contributed by atoms with van der Waals surface area (Å²) in [5.41, 5.74) is 2.89. The summed E-state index contributed by atoms with van der Waals surface area (Å²) in [7, 11) is 0. The molecule has 0 aliphatic heterocycles. The van der Waals surface area contributed by atoms with Crippen molar-refractivity contribution in [2.45, 2.75) is 18.3 Å². The van der Waals surface area contributed by atoms with Gasteiger partial charge in [0.05, 0.1) is 28.9 Å². The van der Waals surface area contributed by atoms with Gasteiger partial charge in [0.1, 0.15) is 17.6 Å². The molecule has 0 radical (unpaired) electrons. The molecule has 4 aromatic rings. The number of benzene rings is 1. The number of fused-ring (bicyclic) bond motifs is 2. The van der Waals surface area contributed by atoms with Crippen LogP contribution in [0.2, 0.25) is 5.02 Å². The SMILES string of the molecule is CSCc1c(F)c(Cl)c(-c2ccc3nc(NC(=O)[C@@H]4C[C@@H]4F)cn3c2)c2cn[nH]c12. The second kappa shape index (κ2) is 7.24. The lowest BCUT2D eigenvalue weighted by Crippen LogP contribution is -2.15. The first-order valence-electron chi connectivity index (χ1n) is 9.24. The van der Waals surface area contributed by atoms with Crippen LogP contribution >= 0.6 is 23.4 Å². The Bertz CT molecular complexity index is 1300. The summed E-state index contributed by atoms with van der Waals surface area (Å²) in [6.45, 7) is 0. The van der Waals surface area contributed by atoms with Gasteiger partial charge in [0.2, 0.25) is 5.91 Å². The number of carbonyl (C=O) groups is 1. The number of hydrogen-bond donors (Lipinski definition) is 2. The number of aromatic nitrogens is 4. The third-order valence-corrected chi connectivity index (χ3v) is 6.15. The van der Waals surface area contributed by atoms with E-state index in [-0.39, 0.29) is 17.4 Å². The number of anilines is 1. The number of halogens is 3. The molecule has 3 aromatic heterocycles. The van der Waals surface area contributed by atoms with Crippen LogP contribution in [0.1, 0.15) is 12.0 Å². The number of thioether (sulfide) groups is 1. The Morgan fingerprint density at radius 3 is 2.97 bits per heavy atom. The van der Waals surface area contributed by atoms with E-state index in [0.29, 0.717) is 39.4 Å². The van der Waals surface area contributed by atoms with E-state index in [1.807, 2.05) is 6.26 Å². The van der Waals surface area contributed by atoms with Crippen molar-refractivity contribution in [2.24, 2.45) is 5.92 Å². The summed E-state index contributed by atoms with van der Waals surface area (Å²) in [5.74, 6) is -0.643. The first-order valence-corrected chi connectivity index (χ1v) is 11.0. The number of pyridine rings is 1. The van der Waals surface area contributed by atoms with Gasteiger partial charge in [0.15, 0.2) is 5.82 Å². The number of nitrogens with zero attached hydrogens (tertiary/aromatic N) is 3. The fraction of sp³-hybridized carbons (Fsp3) is 0.250. The van der Waals surface area contributed by atoms with Crippen LogP contribution < -0.4 is 5.32 Å². The maximum atomic E-state index is 15.0. The molecule has 0 unspecified atom stereocenters. The number of H-pyrrole nitrogens is 1. The Hall–Kier alpha value is -2.65. The summed E-state index contributed by atoms with van der Waals surface area (Å²) >= 11 is 7.94. The van der Waals surface area contributed by atoms with Crippen LogP contribution in [0, 0.1) is 11.7 Å². The van der Waals surface area contributed by atoms with Gasteiger partial charge in [-0.1, -0.05) is 11.6 Å². The Balaban J connectivity index is 1.57. The molecule has 1 fully saturated rings. The quantitative estimate of drug-likeness (QED) is 0.459. The van der Waals surface area contributed by atoms with Gasteiger partial charge in [-0.2, -0.15) is 16.9 Å². The molecule has 30 heavy (non-hydrogen) atoms. The maximum Gasteiger partial charge on any atom is 0.231 e. The summed E-state index contributed by atoms with van der Waals surface area (Å²) in [6, 6.07) is 3.53. The highest BCUT2D eigenvalue weighted by atomic mass is 35.5. The molecule has 1 saturated carbocycles. The van der Waals surface area contributed by atoms with Gasteiger partial charge in [-0.25, -0.2) is 13.8 Å². The van der Waals surface area contributed by atoms with E-state index >= 15 is 4.39 Å².